The van der Waals surface area contributed by atoms with Crippen LogP contribution in [-0.4, -0.2) is 104 Å². The molecule has 3 aliphatic carbocycles. The number of likely N-dealkylation sites (N-methyl/N-ethyl adjacent to an activating group) is 1. The number of halogens is 1. The Kier molecular flexibility index (Phi) is 15.4. The predicted octanol–water partition coefficient (Wildman–Crippen LogP) is 10.6. The molecular weight excluding hydrogens is 888 g/mol. The number of nitrogens with one attached hydrogen (secondary N) is 1. The first-order valence-electron chi connectivity index (χ1n) is 25.8. The van der Waals surface area contributed by atoms with Crippen LogP contribution in [-0.2, 0) is 39.0 Å². The number of aliphatic carboxylic acids is 1. The molecule has 0 unspecified atom stereocenters. The number of likely N-dealkylation sites (tertiary alicyclic amines) is 1. The van der Waals surface area contributed by atoms with Gasteiger partial charge in [0.25, 0.3) is 0 Å². The topological polar surface area (TPSA) is 123 Å². The van der Waals surface area contributed by atoms with Gasteiger partial charge in [-0.2, -0.15) is 0 Å². The molecule has 370 valence electrons. The number of hydrogen-bond donors (Lipinski definition) is 2. The molecule has 2 aliphatic heterocycles. The Balaban J connectivity index is 0.789. The molecule has 69 heavy (non-hydrogen) atoms. The second kappa shape index (κ2) is 21.7. The first-order chi connectivity index (χ1) is 33.4. The van der Waals surface area contributed by atoms with E-state index in [2.05, 4.69) is 54.4 Å². The van der Waals surface area contributed by atoms with Gasteiger partial charge in [-0.25, -0.2) is 4.79 Å². The molecular formula is C57H73ClN4O7. The first-order valence-corrected chi connectivity index (χ1v) is 26.2. The Morgan fingerprint density at radius 3 is 2.54 bits per heavy atom. The Morgan fingerprint density at radius 2 is 1.74 bits per heavy atom. The zero-order chi connectivity index (χ0) is 48.0. The average molecular weight is 962 g/mol. The summed E-state index contributed by atoms with van der Waals surface area (Å²) in [7, 11) is 1.88. The third-order valence-electron chi connectivity index (χ3n) is 16.5. The fraction of sp³-hybridized carbons (Fsp3) is 0.561. The van der Waals surface area contributed by atoms with E-state index in [0.717, 1.165) is 113 Å². The van der Waals surface area contributed by atoms with Crippen molar-refractivity contribution >= 4 is 29.2 Å². The molecule has 2 N–H and O–H groups in total. The second-order valence-corrected chi connectivity index (χ2v) is 21.8. The maximum absolute atomic E-state index is 13.3. The first kappa shape index (κ1) is 49.2. The van der Waals surface area contributed by atoms with Gasteiger partial charge in [-0.15, -0.1) is 0 Å². The maximum Gasteiger partial charge on any atom is 0.329 e. The van der Waals surface area contributed by atoms with Gasteiger partial charge in [0.1, 0.15) is 29.4 Å². The lowest BCUT2D eigenvalue weighted by Crippen LogP contribution is -2.59. The van der Waals surface area contributed by atoms with E-state index in [1.165, 1.54) is 35.2 Å². The van der Waals surface area contributed by atoms with Gasteiger partial charge < -0.3 is 34.3 Å². The third kappa shape index (κ3) is 11.4. The largest absolute Gasteiger partial charge is 0.494 e. The number of rotatable bonds is 20. The highest BCUT2D eigenvalue weighted by Crippen LogP contribution is 2.57. The van der Waals surface area contributed by atoms with Gasteiger partial charge in [0.05, 0.1) is 13.2 Å². The molecule has 3 atom stereocenters. The summed E-state index contributed by atoms with van der Waals surface area (Å²) in [6, 6.07) is 24.1. The number of carbonyl (C=O) groups excluding carboxylic acids is 1. The number of nitrogens with zero attached hydrogens (tertiary/aromatic N) is 3. The number of carboxylic acids is 1. The summed E-state index contributed by atoms with van der Waals surface area (Å²) in [6.45, 7) is 11.9. The van der Waals surface area contributed by atoms with Gasteiger partial charge in [0.2, 0.25) is 5.91 Å². The molecule has 3 heterocycles. The van der Waals surface area contributed by atoms with Crippen molar-refractivity contribution in [1.82, 2.24) is 14.8 Å². The highest BCUT2D eigenvalue weighted by molar-refractivity contribution is 6.30. The zero-order valence-electron chi connectivity index (χ0n) is 41.1. The van der Waals surface area contributed by atoms with Crippen LogP contribution in [0, 0.1) is 17.3 Å². The molecule has 9 rings (SSSR count). The van der Waals surface area contributed by atoms with Crippen LogP contribution in [0.3, 0.4) is 0 Å². The lowest BCUT2D eigenvalue weighted by atomic mass is 9.59. The molecule has 2 saturated heterocycles. The maximum atomic E-state index is 13.3. The molecule has 1 saturated carbocycles. The van der Waals surface area contributed by atoms with Gasteiger partial charge in [0.15, 0.2) is 0 Å². The van der Waals surface area contributed by atoms with Crippen molar-refractivity contribution in [3.63, 3.8) is 0 Å². The standard InChI is InChI=1S/C57H73ClN4O7/c1-40(37-69-51-17-25-59-50-13-4-8-41(2)53(50)51)32-44-34-43-15-16-48(36-49(43)56(44)19-21-57(22-20-56,54(64)65)60-46-11-6-10-45(58)35-46)67-28-7-14-52(63)61(3)26-18-42-9-5-12-47(33-42)68-31-27-62-38-55(39-62)23-29-66-30-24-55/h5-6,9-12,15-17,25,33,35-36,40-41,44,60H,4,7-8,13-14,18-24,26-32,34,37-39H2,1-3H3,(H,64,65)/t40-,41-,44+,56?,57?/m1/s1. The number of ether oxygens (including phenoxy) is 4. The SMILES string of the molecule is C[C@@H](COc1ccnc2c1[C@H](C)CCC2)C[C@H]1Cc2ccc(OCCCC(=O)N(C)CCc3cccc(OCCN4CC5(CCOCC5)C4)c3)cc2C12CCC(Nc1cccc(Cl)c1)(C(=O)O)CC2. The number of aryl methyl sites for hydroxylation is 1. The summed E-state index contributed by atoms with van der Waals surface area (Å²) in [5.74, 6) is 2.94. The lowest BCUT2D eigenvalue weighted by Gasteiger charge is -2.52. The fourth-order valence-electron chi connectivity index (χ4n) is 12.5. The fourth-order valence-corrected chi connectivity index (χ4v) is 12.6. The molecule has 4 aromatic rings. The van der Waals surface area contributed by atoms with Crippen molar-refractivity contribution in [2.24, 2.45) is 17.3 Å². The van der Waals surface area contributed by atoms with Crippen LogP contribution < -0.4 is 19.5 Å². The van der Waals surface area contributed by atoms with Gasteiger partial charge >= 0.3 is 5.97 Å². The van der Waals surface area contributed by atoms with E-state index < -0.39 is 11.5 Å². The molecule has 5 aliphatic rings. The lowest BCUT2D eigenvalue weighted by molar-refractivity contribution is -0.144. The zero-order valence-corrected chi connectivity index (χ0v) is 41.9. The van der Waals surface area contributed by atoms with Crippen LogP contribution in [0.15, 0.2) is 79.0 Å². The molecule has 0 radical (unpaired) electrons. The van der Waals surface area contributed by atoms with Crippen LogP contribution in [0.5, 0.6) is 17.2 Å². The third-order valence-corrected chi connectivity index (χ3v) is 16.7. The molecule has 12 heteroatoms. The minimum atomic E-state index is -1.11. The number of pyridine rings is 1. The van der Waals surface area contributed by atoms with Crippen molar-refractivity contribution in [3.8, 4) is 17.2 Å². The van der Waals surface area contributed by atoms with E-state index in [4.69, 9.17) is 35.5 Å². The summed E-state index contributed by atoms with van der Waals surface area (Å²) < 4.78 is 24.8. The van der Waals surface area contributed by atoms with Crippen LogP contribution in [0.25, 0.3) is 0 Å². The number of anilines is 1. The molecule has 0 bridgehead atoms. The van der Waals surface area contributed by atoms with E-state index in [1.54, 1.807) is 12.1 Å². The minimum Gasteiger partial charge on any atom is -0.494 e. The van der Waals surface area contributed by atoms with Crippen molar-refractivity contribution in [2.45, 2.75) is 121 Å². The Labute approximate surface area is 414 Å². The van der Waals surface area contributed by atoms with Gasteiger partial charge in [-0.05, 0) is 172 Å². The van der Waals surface area contributed by atoms with Crippen molar-refractivity contribution in [3.05, 3.63) is 112 Å². The highest BCUT2D eigenvalue weighted by atomic mass is 35.5. The van der Waals surface area contributed by atoms with Crippen molar-refractivity contribution in [1.29, 1.82) is 0 Å². The molecule has 3 aromatic carbocycles. The Hall–Kier alpha value is -4.84. The van der Waals surface area contributed by atoms with Crippen LogP contribution >= 0.6 is 11.6 Å². The van der Waals surface area contributed by atoms with Crippen LogP contribution in [0.2, 0.25) is 5.02 Å². The number of aromatic nitrogens is 1. The van der Waals surface area contributed by atoms with Gasteiger partial charge in [0, 0.05) is 86.4 Å². The van der Waals surface area contributed by atoms with E-state index in [-0.39, 0.29) is 17.2 Å². The Morgan fingerprint density at radius 1 is 0.957 bits per heavy atom. The van der Waals surface area contributed by atoms with Gasteiger partial charge in [-0.3, -0.25) is 14.7 Å². The van der Waals surface area contributed by atoms with Gasteiger partial charge in [-0.1, -0.05) is 49.7 Å². The monoisotopic (exact) mass is 961 g/mol. The summed E-state index contributed by atoms with van der Waals surface area (Å²) in [5, 5.41) is 14.8. The average Bonchev–Trinajstić information content (AvgIpc) is 3.62. The number of hydrogen-bond acceptors (Lipinski definition) is 9. The van der Waals surface area contributed by atoms with E-state index >= 15 is 0 Å². The number of fused-ring (bicyclic) bond motifs is 3. The smallest absolute Gasteiger partial charge is 0.329 e. The normalized spacial score (nSPS) is 24.2. The summed E-state index contributed by atoms with van der Waals surface area (Å²) >= 11 is 6.34. The highest BCUT2D eigenvalue weighted by Gasteiger charge is 2.54. The van der Waals surface area contributed by atoms with Crippen LogP contribution in [0.4, 0.5) is 5.69 Å². The number of carbonyl (C=O) groups is 2. The summed E-state index contributed by atoms with van der Waals surface area (Å²) in [4.78, 5) is 35.4. The van der Waals surface area contributed by atoms with E-state index in [1.807, 2.05) is 48.5 Å². The minimum absolute atomic E-state index is 0.102. The van der Waals surface area contributed by atoms with E-state index in [9.17, 15) is 14.7 Å². The summed E-state index contributed by atoms with van der Waals surface area (Å²) in [5.41, 5.74) is 6.06. The molecule has 1 aromatic heterocycles. The quantitative estimate of drug-likeness (QED) is 0.0828. The molecule has 3 fully saturated rings. The van der Waals surface area contributed by atoms with E-state index in [0.29, 0.717) is 74.3 Å². The second-order valence-electron chi connectivity index (χ2n) is 21.3. The molecule has 1 amide bonds. The molecule has 2 spiro atoms. The number of benzene rings is 3. The van der Waals surface area contributed by atoms with Crippen LogP contribution in [0.1, 0.15) is 118 Å². The number of amides is 1. The Bertz CT molecular complexity index is 2410. The predicted molar refractivity (Wildman–Crippen MR) is 271 cm³/mol. The number of carboxylic acid groups (broad SMARTS) is 1. The van der Waals surface area contributed by atoms with Crippen molar-refractivity contribution in [2.75, 3.05) is 71.6 Å². The molecule has 11 nitrogen and oxygen atoms in total. The van der Waals surface area contributed by atoms with Crippen molar-refractivity contribution < 1.29 is 33.6 Å². The summed E-state index contributed by atoms with van der Waals surface area (Å²) in [6.07, 6.45) is 13.6.